The minimum atomic E-state index is -0.131. The van der Waals surface area contributed by atoms with Crippen LogP contribution in [0.4, 0.5) is 0 Å². The zero-order valence-electron chi connectivity index (χ0n) is 10.6. The van der Waals surface area contributed by atoms with Gasteiger partial charge in [-0.15, -0.1) is 0 Å². The van der Waals surface area contributed by atoms with Crippen molar-refractivity contribution in [1.82, 2.24) is 15.1 Å². The Morgan fingerprint density at radius 2 is 2.35 bits per heavy atom. The molecule has 0 aromatic rings. The molecule has 5 nitrogen and oxygen atoms in total. The third-order valence-electron chi connectivity index (χ3n) is 3.88. The Labute approximate surface area is 102 Å². The molecule has 0 aromatic carbocycles. The van der Waals surface area contributed by atoms with Crippen LogP contribution in [0.15, 0.2) is 0 Å². The van der Waals surface area contributed by atoms with E-state index >= 15 is 0 Å². The summed E-state index contributed by atoms with van der Waals surface area (Å²) in [5.41, 5.74) is 0. The Bertz CT molecular complexity index is 313. The van der Waals surface area contributed by atoms with E-state index in [1.165, 1.54) is 0 Å². The first kappa shape index (κ1) is 12.4. The van der Waals surface area contributed by atoms with Gasteiger partial charge in [-0.05, 0) is 19.9 Å². The van der Waals surface area contributed by atoms with Crippen LogP contribution in [-0.2, 0) is 9.59 Å². The van der Waals surface area contributed by atoms with Crippen molar-refractivity contribution in [1.29, 1.82) is 0 Å². The van der Waals surface area contributed by atoms with E-state index in [4.69, 9.17) is 0 Å². The molecule has 2 aliphatic rings. The smallest absolute Gasteiger partial charge is 0.228 e. The van der Waals surface area contributed by atoms with E-state index in [1.54, 1.807) is 4.90 Å². The molecule has 0 bridgehead atoms. The molecule has 0 aliphatic carbocycles. The Morgan fingerprint density at radius 1 is 1.59 bits per heavy atom. The average molecular weight is 239 g/mol. The fraction of sp³-hybridized carbons (Fsp3) is 0.833. The van der Waals surface area contributed by atoms with Crippen molar-refractivity contribution in [2.75, 3.05) is 33.2 Å². The summed E-state index contributed by atoms with van der Waals surface area (Å²) in [6.07, 6.45) is 1.40. The van der Waals surface area contributed by atoms with Gasteiger partial charge >= 0.3 is 0 Å². The van der Waals surface area contributed by atoms with Crippen molar-refractivity contribution in [2.45, 2.75) is 25.8 Å². The highest BCUT2D eigenvalue weighted by Gasteiger charge is 2.36. The molecule has 2 aliphatic heterocycles. The normalized spacial score (nSPS) is 28.8. The molecular formula is C12H21N3O2. The minimum Gasteiger partial charge on any atom is -0.342 e. The predicted molar refractivity (Wildman–Crippen MR) is 64.4 cm³/mol. The third kappa shape index (κ3) is 2.44. The first-order valence-electron chi connectivity index (χ1n) is 6.38. The molecule has 2 heterocycles. The van der Waals surface area contributed by atoms with Gasteiger partial charge in [0, 0.05) is 39.1 Å². The van der Waals surface area contributed by atoms with Gasteiger partial charge in [0.25, 0.3) is 0 Å². The highest BCUT2D eigenvalue weighted by Crippen LogP contribution is 2.21. The van der Waals surface area contributed by atoms with Crippen LogP contribution in [-0.4, -0.2) is 60.9 Å². The Kier molecular flexibility index (Phi) is 3.66. The van der Waals surface area contributed by atoms with Gasteiger partial charge in [0.1, 0.15) is 0 Å². The third-order valence-corrected chi connectivity index (χ3v) is 3.88. The summed E-state index contributed by atoms with van der Waals surface area (Å²) in [6, 6.07) is 0.299. The van der Waals surface area contributed by atoms with E-state index in [2.05, 4.69) is 5.32 Å². The summed E-state index contributed by atoms with van der Waals surface area (Å²) < 4.78 is 0. The van der Waals surface area contributed by atoms with Crippen LogP contribution in [0.25, 0.3) is 0 Å². The van der Waals surface area contributed by atoms with Gasteiger partial charge in [-0.3, -0.25) is 9.59 Å². The lowest BCUT2D eigenvalue weighted by atomic mass is 10.1. The SMILES string of the molecule is CCN1CC(C(=O)N(C)C2CCNC2)CC1=O. The van der Waals surface area contributed by atoms with Gasteiger partial charge in [0.15, 0.2) is 0 Å². The number of rotatable bonds is 3. The summed E-state index contributed by atoms with van der Waals surface area (Å²) in [5, 5.41) is 3.26. The first-order chi connectivity index (χ1) is 8.13. The van der Waals surface area contributed by atoms with Gasteiger partial charge in [0.05, 0.1) is 5.92 Å². The Hall–Kier alpha value is -1.10. The monoisotopic (exact) mass is 239 g/mol. The standard InChI is InChI=1S/C12H21N3O2/c1-3-15-8-9(6-11(15)16)12(17)14(2)10-4-5-13-7-10/h9-10,13H,3-8H2,1-2H3. The molecule has 0 aromatic heterocycles. The molecule has 0 saturated carbocycles. The summed E-state index contributed by atoms with van der Waals surface area (Å²) in [6.45, 7) is 5.11. The maximum atomic E-state index is 12.3. The van der Waals surface area contributed by atoms with E-state index in [0.29, 0.717) is 25.6 Å². The molecule has 2 fully saturated rings. The van der Waals surface area contributed by atoms with E-state index in [1.807, 2.05) is 18.9 Å². The molecule has 2 saturated heterocycles. The van der Waals surface area contributed by atoms with E-state index in [0.717, 1.165) is 19.5 Å². The quantitative estimate of drug-likeness (QED) is 0.734. The van der Waals surface area contributed by atoms with E-state index in [-0.39, 0.29) is 17.7 Å². The minimum absolute atomic E-state index is 0.115. The lowest BCUT2D eigenvalue weighted by molar-refractivity contribution is -0.136. The summed E-state index contributed by atoms with van der Waals surface area (Å²) >= 11 is 0. The van der Waals surface area contributed by atoms with Crippen LogP contribution < -0.4 is 5.32 Å². The van der Waals surface area contributed by atoms with E-state index in [9.17, 15) is 9.59 Å². The summed E-state index contributed by atoms with van der Waals surface area (Å²) in [4.78, 5) is 27.5. The number of carbonyl (C=O) groups is 2. The van der Waals surface area contributed by atoms with Crippen LogP contribution in [0.1, 0.15) is 19.8 Å². The number of likely N-dealkylation sites (N-methyl/N-ethyl adjacent to an activating group) is 1. The molecule has 96 valence electrons. The molecule has 1 N–H and O–H groups in total. The summed E-state index contributed by atoms with van der Waals surface area (Å²) in [7, 11) is 1.86. The summed E-state index contributed by atoms with van der Waals surface area (Å²) in [5.74, 6) is 0.111. The van der Waals surface area contributed by atoms with Crippen molar-refractivity contribution >= 4 is 11.8 Å². The number of likely N-dealkylation sites (tertiary alicyclic amines) is 1. The van der Waals surface area contributed by atoms with Gasteiger partial charge in [0.2, 0.25) is 11.8 Å². The van der Waals surface area contributed by atoms with E-state index < -0.39 is 0 Å². The van der Waals surface area contributed by atoms with Crippen LogP contribution in [0.3, 0.4) is 0 Å². The van der Waals surface area contributed by atoms with Crippen LogP contribution >= 0.6 is 0 Å². The highest BCUT2D eigenvalue weighted by molar-refractivity contribution is 5.89. The van der Waals surface area contributed by atoms with Crippen LogP contribution in [0.5, 0.6) is 0 Å². The molecule has 2 amide bonds. The maximum Gasteiger partial charge on any atom is 0.228 e. The van der Waals surface area contributed by atoms with Crippen molar-refractivity contribution in [3.05, 3.63) is 0 Å². The van der Waals surface area contributed by atoms with Gasteiger partial charge in [-0.25, -0.2) is 0 Å². The number of hydrogen-bond donors (Lipinski definition) is 1. The lowest BCUT2D eigenvalue weighted by Gasteiger charge is -2.26. The number of nitrogens with one attached hydrogen (secondary N) is 1. The van der Waals surface area contributed by atoms with Gasteiger partial charge in [-0.1, -0.05) is 0 Å². The number of nitrogens with zero attached hydrogens (tertiary/aromatic N) is 2. The predicted octanol–water partition coefficient (Wildman–Crippen LogP) is -0.325. The van der Waals surface area contributed by atoms with Gasteiger partial charge < -0.3 is 15.1 Å². The molecule has 0 spiro atoms. The molecule has 2 unspecified atom stereocenters. The second kappa shape index (κ2) is 5.04. The maximum absolute atomic E-state index is 12.3. The Balaban J connectivity index is 1.94. The van der Waals surface area contributed by atoms with Crippen molar-refractivity contribution in [3.63, 3.8) is 0 Å². The zero-order chi connectivity index (χ0) is 12.4. The second-order valence-corrected chi connectivity index (χ2v) is 4.93. The lowest BCUT2D eigenvalue weighted by Crippen LogP contribution is -2.42. The second-order valence-electron chi connectivity index (χ2n) is 4.93. The van der Waals surface area contributed by atoms with Crippen molar-refractivity contribution in [2.24, 2.45) is 5.92 Å². The fourth-order valence-electron chi connectivity index (χ4n) is 2.68. The molecule has 17 heavy (non-hydrogen) atoms. The largest absolute Gasteiger partial charge is 0.342 e. The highest BCUT2D eigenvalue weighted by atomic mass is 16.2. The molecule has 5 heteroatoms. The van der Waals surface area contributed by atoms with Crippen molar-refractivity contribution < 1.29 is 9.59 Å². The Morgan fingerprint density at radius 3 is 2.88 bits per heavy atom. The number of carbonyl (C=O) groups excluding carboxylic acids is 2. The van der Waals surface area contributed by atoms with Crippen LogP contribution in [0, 0.1) is 5.92 Å². The molecule has 2 rings (SSSR count). The topological polar surface area (TPSA) is 52.7 Å². The first-order valence-corrected chi connectivity index (χ1v) is 6.38. The van der Waals surface area contributed by atoms with Gasteiger partial charge in [-0.2, -0.15) is 0 Å². The average Bonchev–Trinajstić information content (AvgIpc) is 2.95. The van der Waals surface area contributed by atoms with Crippen molar-refractivity contribution in [3.8, 4) is 0 Å². The molecular weight excluding hydrogens is 218 g/mol. The molecule has 2 atom stereocenters. The number of hydrogen-bond acceptors (Lipinski definition) is 3. The fourth-order valence-corrected chi connectivity index (χ4v) is 2.68. The molecule has 0 radical (unpaired) electrons. The number of amides is 2. The van der Waals surface area contributed by atoms with Crippen LogP contribution in [0.2, 0.25) is 0 Å². The zero-order valence-corrected chi connectivity index (χ0v) is 10.6.